The first kappa shape index (κ1) is 14.4. The van der Waals surface area contributed by atoms with Crippen LogP contribution < -0.4 is 5.32 Å². The second kappa shape index (κ2) is 5.77. The van der Waals surface area contributed by atoms with Crippen molar-refractivity contribution >= 4 is 5.91 Å². The number of hydrogen-bond donors (Lipinski definition) is 4. The Kier molecular flexibility index (Phi) is 4.88. The van der Waals surface area contributed by atoms with Crippen LogP contribution in [0.5, 0.6) is 0 Å². The lowest BCUT2D eigenvalue weighted by Gasteiger charge is -2.44. The monoisotopic (exact) mass is 247 g/mol. The second-order valence-electron chi connectivity index (χ2n) is 4.77. The summed E-state index contributed by atoms with van der Waals surface area (Å²) in [5.74, 6) is -0.249. The molecule has 5 atom stereocenters. The molecular formula is C11H21NO5. The van der Waals surface area contributed by atoms with Crippen molar-refractivity contribution in [3.63, 3.8) is 0 Å². The molecule has 1 aliphatic heterocycles. The molecule has 0 aromatic carbocycles. The minimum atomic E-state index is -1.20. The first-order valence-electron chi connectivity index (χ1n) is 5.78. The van der Waals surface area contributed by atoms with Gasteiger partial charge in [0.1, 0.15) is 18.3 Å². The standard InChI is InChI=1S/C11H21NO5/c1-5(2)11-8(12-6(3)14)10(16)9(15)7(4-13)17-11/h5,7-11,13,15-16H,4H2,1-3H3,(H,12,14)/t7?,8-,9-,10?,11-/m0/s1. The van der Waals surface area contributed by atoms with Crippen LogP contribution in [0.25, 0.3) is 0 Å². The van der Waals surface area contributed by atoms with Crippen LogP contribution in [0.3, 0.4) is 0 Å². The number of aliphatic hydroxyl groups is 3. The Bertz CT molecular complexity index is 271. The minimum absolute atomic E-state index is 0.0445. The molecule has 2 unspecified atom stereocenters. The maximum Gasteiger partial charge on any atom is 0.217 e. The minimum Gasteiger partial charge on any atom is -0.394 e. The van der Waals surface area contributed by atoms with E-state index in [9.17, 15) is 15.0 Å². The lowest BCUT2D eigenvalue weighted by Crippen LogP contribution is -2.65. The first-order chi connectivity index (χ1) is 7.88. The fourth-order valence-corrected chi connectivity index (χ4v) is 2.12. The van der Waals surface area contributed by atoms with Crippen LogP contribution in [-0.4, -0.2) is 58.3 Å². The molecule has 0 radical (unpaired) electrons. The SMILES string of the molecule is CC(=O)N[C@H]1C(O)[C@@H](O)C(CO)O[C@H]1C(C)C. The van der Waals surface area contributed by atoms with Crippen molar-refractivity contribution in [3.8, 4) is 0 Å². The van der Waals surface area contributed by atoms with Crippen LogP contribution in [0, 0.1) is 5.92 Å². The van der Waals surface area contributed by atoms with E-state index in [1.54, 1.807) is 0 Å². The van der Waals surface area contributed by atoms with Crippen molar-refractivity contribution in [1.82, 2.24) is 5.32 Å². The molecule has 6 heteroatoms. The normalized spacial score (nSPS) is 38.2. The van der Waals surface area contributed by atoms with Crippen molar-refractivity contribution in [1.29, 1.82) is 0 Å². The van der Waals surface area contributed by atoms with Gasteiger partial charge in [-0.2, -0.15) is 0 Å². The third kappa shape index (κ3) is 3.16. The number of hydrogen-bond acceptors (Lipinski definition) is 5. The third-order valence-electron chi connectivity index (χ3n) is 2.99. The van der Waals surface area contributed by atoms with E-state index >= 15 is 0 Å². The summed E-state index contributed by atoms with van der Waals surface area (Å²) in [4.78, 5) is 11.1. The molecule has 1 amide bonds. The third-order valence-corrected chi connectivity index (χ3v) is 2.99. The Balaban J connectivity index is 2.86. The van der Waals surface area contributed by atoms with Gasteiger partial charge in [0.25, 0.3) is 0 Å². The Morgan fingerprint density at radius 2 is 1.94 bits per heavy atom. The fraction of sp³-hybridized carbons (Fsp3) is 0.909. The molecule has 0 aromatic heterocycles. The van der Waals surface area contributed by atoms with E-state index in [1.807, 2.05) is 13.8 Å². The van der Waals surface area contributed by atoms with Crippen molar-refractivity contribution in [2.75, 3.05) is 6.61 Å². The molecule has 1 rings (SSSR count). The zero-order chi connectivity index (χ0) is 13.2. The zero-order valence-corrected chi connectivity index (χ0v) is 10.3. The van der Waals surface area contributed by atoms with Gasteiger partial charge in [0, 0.05) is 6.92 Å². The van der Waals surface area contributed by atoms with Gasteiger partial charge in [-0.1, -0.05) is 13.8 Å². The highest BCUT2D eigenvalue weighted by molar-refractivity contribution is 5.73. The number of amides is 1. The molecule has 0 bridgehead atoms. The zero-order valence-electron chi connectivity index (χ0n) is 10.3. The summed E-state index contributed by atoms with van der Waals surface area (Å²) in [6.07, 6.45) is -3.60. The van der Waals surface area contributed by atoms with Crippen molar-refractivity contribution in [2.45, 2.75) is 51.2 Å². The number of aliphatic hydroxyl groups excluding tert-OH is 3. The lowest BCUT2D eigenvalue weighted by molar-refractivity contribution is -0.204. The summed E-state index contributed by atoms with van der Waals surface area (Å²) in [5.41, 5.74) is 0. The highest BCUT2D eigenvalue weighted by atomic mass is 16.5. The molecule has 100 valence electrons. The van der Waals surface area contributed by atoms with Gasteiger partial charge in [-0.25, -0.2) is 0 Å². The summed E-state index contributed by atoms with van der Waals surface area (Å²) < 4.78 is 5.52. The molecule has 0 aromatic rings. The summed E-state index contributed by atoms with van der Waals surface area (Å²) in [6.45, 7) is 4.75. The van der Waals surface area contributed by atoms with E-state index in [0.29, 0.717) is 0 Å². The first-order valence-corrected chi connectivity index (χ1v) is 5.78. The smallest absolute Gasteiger partial charge is 0.217 e. The second-order valence-corrected chi connectivity index (χ2v) is 4.77. The molecule has 4 N–H and O–H groups in total. The molecular weight excluding hydrogens is 226 g/mol. The molecule has 1 aliphatic rings. The summed E-state index contributed by atoms with van der Waals surface area (Å²) in [5, 5.41) is 31.3. The summed E-state index contributed by atoms with van der Waals surface area (Å²) >= 11 is 0. The summed E-state index contributed by atoms with van der Waals surface area (Å²) in [7, 11) is 0. The van der Waals surface area contributed by atoms with Crippen molar-refractivity contribution in [2.24, 2.45) is 5.92 Å². The van der Waals surface area contributed by atoms with Crippen molar-refractivity contribution in [3.05, 3.63) is 0 Å². The molecule has 0 spiro atoms. The van der Waals surface area contributed by atoms with E-state index in [2.05, 4.69) is 5.32 Å². The van der Waals surface area contributed by atoms with Gasteiger partial charge in [0.15, 0.2) is 0 Å². The van der Waals surface area contributed by atoms with Crippen LogP contribution in [0.2, 0.25) is 0 Å². The average molecular weight is 247 g/mol. The van der Waals surface area contributed by atoms with Gasteiger partial charge in [-0.05, 0) is 5.92 Å². The molecule has 17 heavy (non-hydrogen) atoms. The number of ether oxygens (including phenoxy) is 1. The van der Waals surface area contributed by atoms with E-state index < -0.39 is 30.5 Å². The van der Waals surface area contributed by atoms with Crippen molar-refractivity contribution < 1.29 is 24.9 Å². The quantitative estimate of drug-likeness (QED) is 0.493. The van der Waals surface area contributed by atoms with E-state index in [4.69, 9.17) is 9.84 Å². The fourth-order valence-electron chi connectivity index (χ4n) is 2.12. The van der Waals surface area contributed by atoms with Crippen LogP contribution >= 0.6 is 0 Å². The maximum atomic E-state index is 11.1. The van der Waals surface area contributed by atoms with E-state index in [1.165, 1.54) is 6.92 Å². The van der Waals surface area contributed by atoms with Crippen LogP contribution in [0.15, 0.2) is 0 Å². The molecule has 1 saturated heterocycles. The van der Waals surface area contributed by atoms with Gasteiger partial charge in [0.05, 0.1) is 18.8 Å². The van der Waals surface area contributed by atoms with E-state index in [-0.39, 0.29) is 18.4 Å². The number of rotatable bonds is 3. The molecule has 6 nitrogen and oxygen atoms in total. The van der Waals surface area contributed by atoms with Gasteiger partial charge in [-0.15, -0.1) is 0 Å². The highest BCUT2D eigenvalue weighted by Gasteiger charge is 2.45. The van der Waals surface area contributed by atoms with Crippen LogP contribution in [0.4, 0.5) is 0 Å². The Morgan fingerprint density at radius 3 is 2.35 bits per heavy atom. The predicted molar refractivity (Wildman–Crippen MR) is 60.2 cm³/mol. The Labute approximate surface area is 101 Å². The average Bonchev–Trinajstić information content (AvgIpc) is 2.24. The van der Waals surface area contributed by atoms with Crippen LogP contribution in [0.1, 0.15) is 20.8 Å². The van der Waals surface area contributed by atoms with Gasteiger partial charge < -0.3 is 25.4 Å². The molecule has 0 aliphatic carbocycles. The van der Waals surface area contributed by atoms with Gasteiger partial charge in [0.2, 0.25) is 5.91 Å². The number of nitrogens with one attached hydrogen (secondary N) is 1. The summed E-state index contributed by atoms with van der Waals surface area (Å²) in [6, 6.07) is -0.662. The molecule has 1 heterocycles. The largest absolute Gasteiger partial charge is 0.394 e. The van der Waals surface area contributed by atoms with Gasteiger partial charge in [-0.3, -0.25) is 4.79 Å². The van der Waals surface area contributed by atoms with Crippen LogP contribution in [-0.2, 0) is 9.53 Å². The van der Waals surface area contributed by atoms with E-state index in [0.717, 1.165) is 0 Å². The number of carbonyl (C=O) groups excluding carboxylic acids is 1. The van der Waals surface area contributed by atoms with Gasteiger partial charge >= 0.3 is 0 Å². The lowest BCUT2D eigenvalue weighted by atomic mass is 9.87. The molecule has 0 saturated carbocycles. The highest BCUT2D eigenvalue weighted by Crippen LogP contribution is 2.25. The Morgan fingerprint density at radius 1 is 1.35 bits per heavy atom. The predicted octanol–water partition coefficient (Wildman–Crippen LogP) is -1.37. The number of carbonyl (C=O) groups is 1. The topological polar surface area (TPSA) is 99.0 Å². The maximum absolute atomic E-state index is 11.1. The Hall–Kier alpha value is -0.690. The molecule has 1 fully saturated rings.